The Kier molecular flexibility index (Phi) is 7.51. The summed E-state index contributed by atoms with van der Waals surface area (Å²) in [6.07, 6.45) is 4.68. The second-order valence-electron chi connectivity index (χ2n) is 6.92. The summed E-state index contributed by atoms with van der Waals surface area (Å²) in [7, 11) is 1.77. The van der Waals surface area contributed by atoms with E-state index in [2.05, 4.69) is 56.9 Å². The summed E-state index contributed by atoms with van der Waals surface area (Å²) >= 11 is 0. The molecule has 2 aromatic carbocycles. The Balaban J connectivity index is 0.00000256. The first kappa shape index (κ1) is 21.9. The molecule has 0 amide bonds. The molecule has 0 aliphatic carbocycles. The lowest BCUT2D eigenvalue weighted by Gasteiger charge is -2.10. The predicted molar refractivity (Wildman–Crippen MR) is 132 cm³/mol. The van der Waals surface area contributed by atoms with Crippen molar-refractivity contribution >= 4 is 40.8 Å². The third-order valence-electron chi connectivity index (χ3n) is 4.92. The van der Waals surface area contributed by atoms with Crippen molar-refractivity contribution in [1.82, 2.24) is 20.6 Å². The smallest absolute Gasteiger partial charge is 0.226 e. The van der Waals surface area contributed by atoms with E-state index in [1.54, 1.807) is 13.3 Å². The fraction of sp³-hybridized carbons (Fsp3) is 0.217. The van der Waals surface area contributed by atoms with Crippen molar-refractivity contribution in [1.29, 1.82) is 0 Å². The normalized spacial score (nSPS) is 11.3. The molecule has 0 aliphatic heterocycles. The lowest BCUT2D eigenvalue weighted by atomic mass is 10.1. The summed E-state index contributed by atoms with van der Waals surface area (Å²) in [6.45, 7) is 3.48. The highest BCUT2D eigenvalue weighted by atomic mass is 127. The summed E-state index contributed by atoms with van der Waals surface area (Å²) in [4.78, 5) is 12.2. The largest absolute Gasteiger partial charge is 0.444 e. The Morgan fingerprint density at radius 3 is 2.73 bits per heavy atom. The number of rotatable bonds is 6. The highest BCUT2D eigenvalue weighted by Crippen LogP contribution is 2.22. The van der Waals surface area contributed by atoms with Crippen LogP contribution in [0, 0.1) is 6.92 Å². The minimum absolute atomic E-state index is 0. The fourth-order valence-corrected chi connectivity index (χ4v) is 3.46. The molecule has 6 nitrogen and oxygen atoms in total. The van der Waals surface area contributed by atoms with Crippen LogP contribution in [-0.4, -0.2) is 29.5 Å². The number of aromatic amines is 1. The Bertz CT molecular complexity index is 1120. The zero-order valence-corrected chi connectivity index (χ0v) is 19.4. The van der Waals surface area contributed by atoms with Gasteiger partial charge in [0.15, 0.2) is 5.96 Å². The highest BCUT2D eigenvalue weighted by molar-refractivity contribution is 14.0. The van der Waals surface area contributed by atoms with Gasteiger partial charge in [0.25, 0.3) is 0 Å². The van der Waals surface area contributed by atoms with Crippen LogP contribution in [0.2, 0.25) is 0 Å². The van der Waals surface area contributed by atoms with Crippen LogP contribution >= 0.6 is 24.0 Å². The Labute approximate surface area is 193 Å². The Morgan fingerprint density at radius 1 is 1.10 bits per heavy atom. The topological polar surface area (TPSA) is 78.2 Å². The van der Waals surface area contributed by atoms with E-state index in [1.807, 2.05) is 30.3 Å². The molecule has 0 saturated carbocycles. The molecule has 0 atom stereocenters. The molecule has 0 saturated heterocycles. The van der Waals surface area contributed by atoms with Gasteiger partial charge in [-0.2, -0.15) is 0 Å². The number of aryl methyl sites for hydroxylation is 1. The van der Waals surface area contributed by atoms with Gasteiger partial charge in [0.1, 0.15) is 6.26 Å². The van der Waals surface area contributed by atoms with Gasteiger partial charge in [-0.1, -0.05) is 30.3 Å². The molecule has 0 aliphatic rings. The second-order valence-corrected chi connectivity index (χ2v) is 6.92. The number of fused-ring (bicyclic) bond motifs is 1. The summed E-state index contributed by atoms with van der Waals surface area (Å²) in [6, 6.07) is 16.2. The number of nitrogens with zero attached hydrogens (tertiary/aromatic N) is 2. The van der Waals surface area contributed by atoms with E-state index in [-0.39, 0.29) is 24.0 Å². The molecular formula is C23H26IN5O. The molecule has 7 heteroatoms. The van der Waals surface area contributed by atoms with Crippen molar-refractivity contribution in [2.24, 2.45) is 4.99 Å². The number of hydrogen-bond acceptors (Lipinski definition) is 3. The molecule has 0 bridgehead atoms. The van der Waals surface area contributed by atoms with Gasteiger partial charge < -0.3 is 20.0 Å². The van der Waals surface area contributed by atoms with Crippen LogP contribution in [0.4, 0.5) is 0 Å². The number of halogens is 1. The Morgan fingerprint density at radius 2 is 1.93 bits per heavy atom. The number of H-pyrrole nitrogens is 1. The summed E-state index contributed by atoms with van der Waals surface area (Å²) in [5.41, 5.74) is 5.59. The number of hydrogen-bond donors (Lipinski definition) is 3. The van der Waals surface area contributed by atoms with E-state index in [4.69, 9.17) is 4.42 Å². The quantitative estimate of drug-likeness (QED) is 0.198. The van der Waals surface area contributed by atoms with Crippen LogP contribution in [0.25, 0.3) is 22.4 Å². The lowest BCUT2D eigenvalue weighted by Crippen LogP contribution is -2.37. The molecular weight excluding hydrogens is 489 g/mol. The van der Waals surface area contributed by atoms with Gasteiger partial charge in [0, 0.05) is 36.3 Å². The van der Waals surface area contributed by atoms with Gasteiger partial charge in [-0.05, 0) is 42.7 Å². The van der Waals surface area contributed by atoms with Crippen LogP contribution in [0.1, 0.15) is 16.8 Å². The molecule has 3 N–H and O–H groups in total. The van der Waals surface area contributed by atoms with Crippen LogP contribution in [0.15, 0.2) is 70.4 Å². The minimum Gasteiger partial charge on any atom is -0.444 e. The van der Waals surface area contributed by atoms with Crippen molar-refractivity contribution in [2.75, 3.05) is 13.6 Å². The Hall–Kier alpha value is -2.81. The monoisotopic (exact) mass is 515 g/mol. The number of nitrogens with one attached hydrogen (secondary N) is 3. The first-order valence-electron chi connectivity index (χ1n) is 9.74. The van der Waals surface area contributed by atoms with Gasteiger partial charge in [0.05, 0.1) is 12.2 Å². The van der Waals surface area contributed by atoms with Crippen LogP contribution in [-0.2, 0) is 13.0 Å². The number of benzene rings is 2. The van der Waals surface area contributed by atoms with Gasteiger partial charge in [0.2, 0.25) is 5.89 Å². The van der Waals surface area contributed by atoms with E-state index in [9.17, 15) is 0 Å². The molecule has 0 fully saturated rings. The van der Waals surface area contributed by atoms with E-state index < -0.39 is 0 Å². The SMILES string of the molecule is CN=C(NCCc1c[nH]c2cccc(C)c12)NCc1coc(-c2ccccc2)n1.I. The van der Waals surface area contributed by atoms with Crippen molar-refractivity contribution in [3.63, 3.8) is 0 Å². The number of aromatic nitrogens is 2. The zero-order valence-electron chi connectivity index (χ0n) is 17.1. The fourth-order valence-electron chi connectivity index (χ4n) is 3.46. The number of oxazole rings is 1. The van der Waals surface area contributed by atoms with Crippen molar-refractivity contribution in [3.8, 4) is 11.5 Å². The first-order valence-corrected chi connectivity index (χ1v) is 9.74. The maximum Gasteiger partial charge on any atom is 0.226 e. The maximum absolute atomic E-state index is 5.58. The molecule has 4 aromatic rings. The van der Waals surface area contributed by atoms with Crippen LogP contribution in [0.5, 0.6) is 0 Å². The van der Waals surface area contributed by atoms with E-state index in [0.717, 1.165) is 30.2 Å². The van der Waals surface area contributed by atoms with Gasteiger partial charge >= 0.3 is 0 Å². The van der Waals surface area contributed by atoms with Gasteiger partial charge in [-0.3, -0.25) is 4.99 Å². The molecule has 2 heterocycles. The molecule has 156 valence electrons. The first-order chi connectivity index (χ1) is 14.2. The third-order valence-corrected chi connectivity index (χ3v) is 4.92. The minimum atomic E-state index is 0. The van der Waals surface area contributed by atoms with Crippen molar-refractivity contribution in [2.45, 2.75) is 19.9 Å². The average molecular weight is 515 g/mol. The third kappa shape index (κ3) is 5.02. The van der Waals surface area contributed by atoms with Crippen molar-refractivity contribution in [3.05, 3.63) is 77.8 Å². The van der Waals surface area contributed by atoms with E-state index >= 15 is 0 Å². The zero-order chi connectivity index (χ0) is 20.1. The summed E-state index contributed by atoms with van der Waals surface area (Å²) in [5.74, 6) is 1.37. The lowest BCUT2D eigenvalue weighted by molar-refractivity contribution is 0.572. The molecule has 0 radical (unpaired) electrons. The second kappa shape index (κ2) is 10.3. The maximum atomic E-state index is 5.58. The average Bonchev–Trinajstić information content (AvgIpc) is 3.39. The predicted octanol–water partition coefficient (Wildman–Crippen LogP) is 4.66. The van der Waals surface area contributed by atoms with Crippen LogP contribution < -0.4 is 10.6 Å². The van der Waals surface area contributed by atoms with E-state index in [1.165, 1.54) is 22.0 Å². The van der Waals surface area contributed by atoms with E-state index in [0.29, 0.717) is 12.4 Å². The number of aliphatic imine (C=N–C) groups is 1. The summed E-state index contributed by atoms with van der Waals surface area (Å²) < 4.78 is 5.58. The van der Waals surface area contributed by atoms with Crippen LogP contribution in [0.3, 0.4) is 0 Å². The van der Waals surface area contributed by atoms with Crippen molar-refractivity contribution < 1.29 is 4.42 Å². The summed E-state index contributed by atoms with van der Waals surface area (Å²) in [5, 5.41) is 7.97. The highest BCUT2D eigenvalue weighted by Gasteiger charge is 2.08. The molecule has 0 unspecified atom stereocenters. The molecule has 30 heavy (non-hydrogen) atoms. The molecule has 2 aromatic heterocycles. The molecule has 4 rings (SSSR count). The standard InChI is InChI=1S/C23H25N5O.HI/c1-16-7-6-10-20-21(16)18(13-26-20)11-12-25-23(24-2)27-14-19-15-29-22(28-19)17-8-4-3-5-9-17;/h3-10,13,15,26H,11-12,14H2,1-2H3,(H2,24,25,27);1H. The molecule has 0 spiro atoms. The number of guanidine groups is 1. The van der Waals surface area contributed by atoms with Gasteiger partial charge in [-0.25, -0.2) is 4.98 Å². The van der Waals surface area contributed by atoms with Gasteiger partial charge in [-0.15, -0.1) is 24.0 Å².